The van der Waals surface area contributed by atoms with E-state index < -0.39 is 0 Å². The molecule has 0 saturated heterocycles. The number of rotatable bonds is 2. The van der Waals surface area contributed by atoms with Crippen molar-refractivity contribution in [2.45, 2.75) is 39.5 Å². The fraction of sp³-hybridized carbons (Fsp3) is 0.700. The SMILES string of the molecule is CC/C=C1/CCCC1C(C)=O. The number of carbonyl (C=O) groups is 1. The van der Waals surface area contributed by atoms with E-state index in [1.54, 1.807) is 6.92 Å². The van der Waals surface area contributed by atoms with Crippen molar-refractivity contribution in [2.75, 3.05) is 0 Å². The summed E-state index contributed by atoms with van der Waals surface area (Å²) in [7, 11) is 0. The molecule has 1 unspecified atom stereocenters. The molecule has 0 radical (unpaired) electrons. The van der Waals surface area contributed by atoms with Crippen LogP contribution in [0.15, 0.2) is 11.6 Å². The zero-order valence-electron chi connectivity index (χ0n) is 7.39. The maximum absolute atomic E-state index is 11.1. The van der Waals surface area contributed by atoms with Gasteiger partial charge >= 0.3 is 0 Å². The molecule has 1 aliphatic rings. The highest BCUT2D eigenvalue weighted by Crippen LogP contribution is 2.31. The van der Waals surface area contributed by atoms with Crippen LogP contribution in [0.4, 0.5) is 0 Å². The molecule has 1 rings (SSSR count). The maximum atomic E-state index is 11.1. The average Bonchev–Trinajstić information content (AvgIpc) is 2.36. The van der Waals surface area contributed by atoms with E-state index in [9.17, 15) is 4.79 Å². The summed E-state index contributed by atoms with van der Waals surface area (Å²) in [6, 6.07) is 0. The quantitative estimate of drug-likeness (QED) is 0.556. The molecule has 0 aromatic carbocycles. The Balaban J connectivity index is 2.65. The first-order valence-corrected chi connectivity index (χ1v) is 4.45. The molecule has 0 heterocycles. The molecule has 1 saturated carbocycles. The minimum atomic E-state index is 0.273. The van der Waals surface area contributed by atoms with E-state index in [1.807, 2.05) is 0 Å². The summed E-state index contributed by atoms with van der Waals surface area (Å²) in [6.07, 6.45) is 6.73. The Labute approximate surface area is 68.5 Å². The van der Waals surface area contributed by atoms with Crippen LogP contribution in [0.2, 0.25) is 0 Å². The Morgan fingerprint density at radius 1 is 1.73 bits per heavy atom. The van der Waals surface area contributed by atoms with Crippen molar-refractivity contribution in [3.8, 4) is 0 Å². The summed E-state index contributed by atoms with van der Waals surface area (Å²) >= 11 is 0. The molecule has 11 heavy (non-hydrogen) atoms. The third kappa shape index (κ3) is 1.92. The molecule has 0 aromatic rings. The fourth-order valence-electron chi connectivity index (χ4n) is 1.84. The predicted octanol–water partition coefficient (Wildman–Crippen LogP) is 2.71. The molecule has 0 spiro atoms. The third-order valence-electron chi connectivity index (χ3n) is 2.36. The van der Waals surface area contributed by atoms with Gasteiger partial charge in [0.2, 0.25) is 0 Å². The first-order valence-electron chi connectivity index (χ1n) is 4.45. The van der Waals surface area contributed by atoms with Gasteiger partial charge in [0, 0.05) is 5.92 Å². The first kappa shape index (κ1) is 8.51. The second-order valence-corrected chi connectivity index (χ2v) is 3.24. The zero-order valence-corrected chi connectivity index (χ0v) is 7.39. The van der Waals surface area contributed by atoms with Crippen molar-refractivity contribution in [1.82, 2.24) is 0 Å². The van der Waals surface area contributed by atoms with Gasteiger partial charge in [-0.25, -0.2) is 0 Å². The first-order chi connectivity index (χ1) is 5.25. The molecule has 1 nitrogen and oxygen atoms in total. The van der Waals surface area contributed by atoms with Gasteiger partial charge in [0.1, 0.15) is 5.78 Å². The van der Waals surface area contributed by atoms with E-state index in [0.29, 0.717) is 5.78 Å². The molecule has 0 N–H and O–H groups in total. The van der Waals surface area contributed by atoms with Gasteiger partial charge in [0.15, 0.2) is 0 Å². The normalized spacial score (nSPS) is 27.8. The van der Waals surface area contributed by atoms with Gasteiger partial charge in [-0.3, -0.25) is 4.79 Å². The summed E-state index contributed by atoms with van der Waals surface area (Å²) in [5.41, 5.74) is 1.39. The Morgan fingerprint density at radius 2 is 2.45 bits per heavy atom. The Kier molecular flexibility index (Phi) is 2.86. The molecule has 1 heteroatoms. The summed E-state index contributed by atoms with van der Waals surface area (Å²) in [6.45, 7) is 3.84. The molecular formula is C10H16O. The van der Waals surface area contributed by atoms with Crippen molar-refractivity contribution in [1.29, 1.82) is 0 Å². The predicted molar refractivity (Wildman–Crippen MR) is 46.4 cm³/mol. The van der Waals surface area contributed by atoms with Gasteiger partial charge in [-0.1, -0.05) is 18.6 Å². The third-order valence-corrected chi connectivity index (χ3v) is 2.36. The highest BCUT2D eigenvalue weighted by atomic mass is 16.1. The molecule has 0 amide bonds. The fourth-order valence-corrected chi connectivity index (χ4v) is 1.84. The number of hydrogen-bond donors (Lipinski definition) is 0. The second kappa shape index (κ2) is 3.70. The van der Waals surface area contributed by atoms with Crippen molar-refractivity contribution in [3.63, 3.8) is 0 Å². The van der Waals surface area contributed by atoms with Crippen LogP contribution in [-0.2, 0) is 4.79 Å². The summed E-state index contributed by atoms with van der Waals surface area (Å²) in [4.78, 5) is 11.1. The van der Waals surface area contributed by atoms with E-state index in [-0.39, 0.29) is 5.92 Å². The van der Waals surface area contributed by atoms with E-state index >= 15 is 0 Å². The van der Waals surface area contributed by atoms with E-state index in [0.717, 1.165) is 19.3 Å². The van der Waals surface area contributed by atoms with Crippen LogP contribution in [-0.4, -0.2) is 5.78 Å². The highest BCUT2D eigenvalue weighted by Gasteiger charge is 2.23. The maximum Gasteiger partial charge on any atom is 0.136 e. The van der Waals surface area contributed by atoms with Gasteiger partial charge in [0.25, 0.3) is 0 Å². The van der Waals surface area contributed by atoms with E-state index in [4.69, 9.17) is 0 Å². The summed E-state index contributed by atoms with van der Waals surface area (Å²) < 4.78 is 0. The number of hydrogen-bond acceptors (Lipinski definition) is 1. The van der Waals surface area contributed by atoms with E-state index in [2.05, 4.69) is 13.0 Å². The lowest BCUT2D eigenvalue weighted by molar-refractivity contribution is -0.119. The van der Waals surface area contributed by atoms with Crippen LogP contribution < -0.4 is 0 Å². The highest BCUT2D eigenvalue weighted by molar-refractivity contribution is 5.81. The number of allylic oxidation sites excluding steroid dienone is 2. The van der Waals surface area contributed by atoms with Gasteiger partial charge in [-0.2, -0.15) is 0 Å². The van der Waals surface area contributed by atoms with E-state index in [1.165, 1.54) is 12.0 Å². The van der Waals surface area contributed by atoms with Gasteiger partial charge in [-0.15, -0.1) is 0 Å². The van der Waals surface area contributed by atoms with Gasteiger partial charge in [-0.05, 0) is 32.6 Å². The van der Waals surface area contributed by atoms with Crippen LogP contribution in [0.1, 0.15) is 39.5 Å². The van der Waals surface area contributed by atoms with Gasteiger partial charge in [0.05, 0.1) is 0 Å². The van der Waals surface area contributed by atoms with Crippen LogP contribution in [0.5, 0.6) is 0 Å². The minimum absolute atomic E-state index is 0.273. The minimum Gasteiger partial charge on any atom is -0.299 e. The molecule has 0 aliphatic heterocycles. The Morgan fingerprint density at radius 3 is 3.00 bits per heavy atom. The lowest BCUT2D eigenvalue weighted by atomic mass is 9.98. The molecular weight excluding hydrogens is 136 g/mol. The summed E-state index contributed by atoms with van der Waals surface area (Å²) in [5, 5.41) is 0. The number of Topliss-reactive ketones (excluding diaryl/α,β-unsaturated/α-hetero) is 1. The lowest BCUT2D eigenvalue weighted by Crippen LogP contribution is -2.07. The number of ketones is 1. The topological polar surface area (TPSA) is 17.1 Å². The monoisotopic (exact) mass is 152 g/mol. The largest absolute Gasteiger partial charge is 0.299 e. The second-order valence-electron chi connectivity index (χ2n) is 3.24. The molecule has 0 bridgehead atoms. The molecule has 62 valence electrons. The molecule has 0 aromatic heterocycles. The standard InChI is InChI=1S/C10H16O/c1-3-5-9-6-4-7-10(9)8(2)11/h5,10H,3-4,6-7H2,1-2H3/b9-5-. The van der Waals surface area contributed by atoms with Crippen molar-refractivity contribution >= 4 is 5.78 Å². The lowest BCUT2D eigenvalue weighted by Gasteiger charge is -2.06. The number of carbonyl (C=O) groups excluding carboxylic acids is 1. The Hall–Kier alpha value is -0.590. The van der Waals surface area contributed by atoms with Gasteiger partial charge < -0.3 is 0 Å². The van der Waals surface area contributed by atoms with Crippen molar-refractivity contribution in [2.24, 2.45) is 5.92 Å². The van der Waals surface area contributed by atoms with Crippen LogP contribution in [0.3, 0.4) is 0 Å². The van der Waals surface area contributed by atoms with Crippen molar-refractivity contribution in [3.05, 3.63) is 11.6 Å². The summed E-state index contributed by atoms with van der Waals surface area (Å²) in [5.74, 6) is 0.622. The van der Waals surface area contributed by atoms with Crippen LogP contribution in [0.25, 0.3) is 0 Å². The Bertz CT molecular complexity index is 179. The zero-order chi connectivity index (χ0) is 8.27. The average molecular weight is 152 g/mol. The molecule has 1 fully saturated rings. The smallest absolute Gasteiger partial charge is 0.136 e. The van der Waals surface area contributed by atoms with Crippen LogP contribution >= 0.6 is 0 Å². The van der Waals surface area contributed by atoms with Crippen LogP contribution in [0, 0.1) is 5.92 Å². The molecule has 1 aliphatic carbocycles. The van der Waals surface area contributed by atoms with Crippen molar-refractivity contribution < 1.29 is 4.79 Å². The molecule has 1 atom stereocenters.